The van der Waals surface area contributed by atoms with Crippen molar-refractivity contribution in [1.82, 2.24) is 19.4 Å². The number of benzene rings is 1. The van der Waals surface area contributed by atoms with E-state index >= 15 is 0 Å². The molecule has 0 aliphatic heterocycles. The minimum absolute atomic E-state index is 0.218. The van der Waals surface area contributed by atoms with Crippen molar-refractivity contribution in [1.29, 1.82) is 0 Å². The summed E-state index contributed by atoms with van der Waals surface area (Å²) in [5, 5.41) is 5.74. The van der Waals surface area contributed by atoms with Crippen LogP contribution in [-0.4, -0.2) is 38.9 Å². The summed E-state index contributed by atoms with van der Waals surface area (Å²) in [6.07, 6.45) is 6.40. The molecule has 0 aliphatic rings. The summed E-state index contributed by atoms with van der Waals surface area (Å²) in [4.78, 5) is 25.4. The average Bonchev–Trinajstić information content (AvgIpc) is 3.08. The maximum absolute atomic E-state index is 14.2. The highest BCUT2D eigenvalue weighted by Gasteiger charge is 2.15. The van der Waals surface area contributed by atoms with Gasteiger partial charge in [-0.2, -0.15) is 0 Å². The molecular weight excluding hydrogens is 373 g/mol. The van der Waals surface area contributed by atoms with E-state index in [1.54, 1.807) is 49.1 Å². The SMILES string of the molecule is CCN.CNc1ccc(C(=O)Nc2cc(F)c3nc(C)cn3c2)c2nccnc12. The van der Waals surface area contributed by atoms with Gasteiger partial charge in [-0.1, -0.05) is 6.92 Å². The Labute approximate surface area is 167 Å². The number of aromatic nitrogens is 4. The first kappa shape index (κ1) is 20.2. The Morgan fingerprint density at radius 2 is 1.90 bits per heavy atom. The van der Waals surface area contributed by atoms with E-state index in [2.05, 4.69) is 25.6 Å². The lowest BCUT2D eigenvalue weighted by Crippen LogP contribution is -2.14. The number of rotatable bonds is 3. The molecule has 0 saturated heterocycles. The molecule has 0 atom stereocenters. The highest BCUT2D eigenvalue weighted by molar-refractivity contribution is 6.13. The van der Waals surface area contributed by atoms with Crippen molar-refractivity contribution >= 4 is 34.0 Å². The lowest BCUT2D eigenvalue weighted by molar-refractivity contribution is 0.102. The van der Waals surface area contributed by atoms with E-state index in [4.69, 9.17) is 5.73 Å². The first-order valence-electron chi connectivity index (χ1n) is 9.06. The normalized spacial score (nSPS) is 10.5. The number of pyridine rings is 1. The van der Waals surface area contributed by atoms with Gasteiger partial charge in [-0.05, 0) is 25.6 Å². The quantitative estimate of drug-likeness (QED) is 0.492. The summed E-state index contributed by atoms with van der Waals surface area (Å²) >= 11 is 0. The van der Waals surface area contributed by atoms with Gasteiger partial charge < -0.3 is 20.8 Å². The highest BCUT2D eigenvalue weighted by Crippen LogP contribution is 2.24. The van der Waals surface area contributed by atoms with E-state index in [1.165, 1.54) is 12.3 Å². The smallest absolute Gasteiger partial charge is 0.257 e. The summed E-state index contributed by atoms with van der Waals surface area (Å²) in [5.74, 6) is -0.903. The number of hydrogen-bond donors (Lipinski definition) is 3. The maximum Gasteiger partial charge on any atom is 0.257 e. The van der Waals surface area contributed by atoms with Crippen LogP contribution in [0.4, 0.5) is 15.8 Å². The van der Waals surface area contributed by atoms with Gasteiger partial charge in [0.2, 0.25) is 0 Å². The molecule has 0 radical (unpaired) electrons. The molecule has 29 heavy (non-hydrogen) atoms. The van der Waals surface area contributed by atoms with E-state index in [0.29, 0.717) is 28.0 Å². The van der Waals surface area contributed by atoms with Crippen LogP contribution in [0.1, 0.15) is 23.0 Å². The standard InChI is InChI=1S/C18H15FN6O.C2H7N/c1-10-8-25-9-11(7-13(19)17(25)23-10)24-18(26)12-3-4-14(20-2)16-15(12)21-5-6-22-16;1-2-3/h3-9,20H,1-2H3,(H,24,26);2-3H2,1H3. The van der Waals surface area contributed by atoms with Gasteiger partial charge in [0.1, 0.15) is 11.0 Å². The summed E-state index contributed by atoms with van der Waals surface area (Å²) in [6, 6.07) is 4.67. The Balaban J connectivity index is 0.000000755. The number of hydrogen-bond acceptors (Lipinski definition) is 6. The Bertz CT molecular complexity index is 1170. The van der Waals surface area contributed by atoms with Crippen molar-refractivity contribution in [3.63, 3.8) is 0 Å². The Kier molecular flexibility index (Phi) is 5.99. The number of anilines is 2. The molecule has 0 fully saturated rings. The molecule has 4 N–H and O–H groups in total. The van der Waals surface area contributed by atoms with Crippen molar-refractivity contribution in [3.8, 4) is 0 Å². The minimum Gasteiger partial charge on any atom is -0.386 e. The second-order valence-electron chi connectivity index (χ2n) is 6.22. The Hall–Kier alpha value is -3.59. The van der Waals surface area contributed by atoms with Gasteiger partial charge in [0.25, 0.3) is 5.91 Å². The summed E-state index contributed by atoms with van der Waals surface area (Å²) in [7, 11) is 1.77. The zero-order valence-electron chi connectivity index (χ0n) is 16.4. The van der Waals surface area contributed by atoms with E-state index < -0.39 is 11.7 Å². The third-order valence-corrected chi connectivity index (χ3v) is 4.02. The first-order chi connectivity index (χ1) is 14.0. The Morgan fingerprint density at radius 3 is 2.59 bits per heavy atom. The molecule has 3 aromatic heterocycles. The predicted molar refractivity (Wildman–Crippen MR) is 112 cm³/mol. The van der Waals surface area contributed by atoms with Crippen LogP contribution in [0, 0.1) is 12.7 Å². The fourth-order valence-electron chi connectivity index (χ4n) is 2.89. The third-order valence-electron chi connectivity index (χ3n) is 4.02. The second-order valence-corrected chi connectivity index (χ2v) is 6.22. The van der Waals surface area contributed by atoms with Crippen molar-refractivity contribution in [2.24, 2.45) is 5.73 Å². The molecule has 4 rings (SSSR count). The van der Waals surface area contributed by atoms with Crippen molar-refractivity contribution < 1.29 is 9.18 Å². The van der Waals surface area contributed by atoms with Gasteiger partial charge in [0.05, 0.1) is 22.6 Å². The number of amides is 1. The number of fused-ring (bicyclic) bond motifs is 2. The summed E-state index contributed by atoms with van der Waals surface area (Å²) in [6.45, 7) is 4.43. The van der Waals surface area contributed by atoms with Crippen LogP contribution in [-0.2, 0) is 0 Å². The molecule has 0 saturated carbocycles. The molecular formula is C20H22FN7O. The summed E-state index contributed by atoms with van der Waals surface area (Å²) < 4.78 is 15.7. The van der Waals surface area contributed by atoms with Gasteiger partial charge in [-0.3, -0.25) is 14.8 Å². The number of imidazole rings is 1. The van der Waals surface area contributed by atoms with E-state index in [-0.39, 0.29) is 5.65 Å². The molecule has 4 aromatic rings. The zero-order chi connectivity index (χ0) is 21.0. The third kappa shape index (κ3) is 4.14. The highest BCUT2D eigenvalue weighted by atomic mass is 19.1. The van der Waals surface area contributed by atoms with E-state index in [9.17, 15) is 9.18 Å². The van der Waals surface area contributed by atoms with Crippen LogP contribution in [0.5, 0.6) is 0 Å². The maximum atomic E-state index is 14.2. The van der Waals surface area contributed by atoms with Crippen molar-refractivity contribution in [2.45, 2.75) is 13.8 Å². The molecule has 8 nitrogen and oxygen atoms in total. The van der Waals surface area contributed by atoms with E-state index in [1.807, 2.05) is 6.92 Å². The van der Waals surface area contributed by atoms with Gasteiger partial charge in [0.15, 0.2) is 11.5 Å². The van der Waals surface area contributed by atoms with Crippen molar-refractivity contribution in [3.05, 3.63) is 60.1 Å². The number of carbonyl (C=O) groups is 1. The fraction of sp³-hybridized carbons (Fsp3) is 0.200. The molecule has 9 heteroatoms. The van der Waals surface area contributed by atoms with Crippen LogP contribution < -0.4 is 16.4 Å². The average molecular weight is 395 g/mol. The molecule has 1 aromatic carbocycles. The molecule has 0 aliphatic carbocycles. The number of aryl methyl sites for hydroxylation is 1. The number of nitrogens with two attached hydrogens (primary N) is 1. The fourth-order valence-corrected chi connectivity index (χ4v) is 2.89. The minimum atomic E-state index is -0.508. The topological polar surface area (TPSA) is 110 Å². The molecule has 0 unspecified atom stereocenters. The largest absolute Gasteiger partial charge is 0.386 e. The molecule has 1 amide bonds. The van der Waals surface area contributed by atoms with Crippen molar-refractivity contribution in [2.75, 3.05) is 24.2 Å². The second kappa shape index (κ2) is 8.61. The van der Waals surface area contributed by atoms with Crippen LogP contribution in [0.15, 0.2) is 43.0 Å². The molecule has 0 bridgehead atoms. The van der Waals surface area contributed by atoms with Crippen LogP contribution >= 0.6 is 0 Å². The zero-order valence-corrected chi connectivity index (χ0v) is 16.4. The van der Waals surface area contributed by atoms with Crippen LogP contribution in [0.2, 0.25) is 0 Å². The van der Waals surface area contributed by atoms with Gasteiger partial charge >= 0.3 is 0 Å². The lowest BCUT2D eigenvalue weighted by Gasteiger charge is -2.10. The van der Waals surface area contributed by atoms with E-state index in [0.717, 1.165) is 12.2 Å². The van der Waals surface area contributed by atoms with Crippen LogP contribution in [0.3, 0.4) is 0 Å². The summed E-state index contributed by atoms with van der Waals surface area (Å²) in [5.41, 5.74) is 8.27. The lowest BCUT2D eigenvalue weighted by atomic mass is 10.1. The van der Waals surface area contributed by atoms with Gasteiger partial charge in [0, 0.05) is 37.9 Å². The van der Waals surface area contributed by atoms with Crippen LogP contribution in [0.25, 0.3) is 16.7 Å². The number of carbonyl (C=O) groups excluding carboxylic acids is 1. The number of nitrogens with one attached hydrogen (secondary N) is 2. The first-order valence-corrected chi connectivity index (χ1v) is 9.06. The monoisotopic (exact) mass is 395 g/mol. The molecule has 150 valence electrons. The van der Waals surface area contributed by atoms with Gasteiger partial charge in [-0.25, -0.2) is 9.37 Å². The molecule has 0 spiro atoms. The predicted octanol–water partition coefficient (Wildman–Crippen LogP) is 2.98. The molecule has 3 heterocycles. The number of halogens is 1. The Morgan fingerprint density at radius 1 is 1.21 bits per heavy atom. The number of nitrogens with zero attached hydrogens (tertiary/aromatic N) is 4. The van der Waals surface area contributed by atoms with Gasteiger partial charge in [-0.15, -0.1) is 0 Å².